The molecule has 0 bridgehead atoms. The molecule has 4 rings (SSSR count). The molecule has 7 nitrogen and oxygen atoms in total. The summed E-state index contributed by atoms with van der Waals surface area (Å²) in [6.07, 6.45) is 3.38. The topological polar surface area (TPSA) is 110 Å². The lowest BCUT2D eigenvalue weighted by molar-refractivity contribution is -0.219. The van der Waals surface area contributed by atoms with Gasteiger partial charge in [0.25, 0.3) is 0 Å². The summed E-state index contributed by atoms with van der Waals surface area (Å²) in [6, 6.07) is 0. The summed E-state index contributed by atoms with van der Waals surface area (Å²) in [6.45, 7) is 4.45. The Morgan fingerprint density at radius 1 is 1.30 bits per heavy atom. The molecular weight excluding hydrogens is 438 g/mol. The molecule has 8 atom stereocenters. The average Bonchev–Trinajstić information content (AvgIpc) is 2.93. The molecule has 2 saturated carbocycles. The van der Waals surface area contributed by atoms with Gasteiger partial charge in [-0.3, -0.25) is 9.59 Å². The van der Waals surface area contributed by atoms with E-state index in [2.05, 4.69) is 4.74 Å². The van der Waals surface area contributed by atoms with Crippen molar-refractivity contribution in [2.45, 2.75) is 57.9 Å². The van der Waals surface area contributed by atoms with Crippen LogP contribution >= 0.6 is 0 Å². The van der Waals surface area contributed by atoms with Gasteiger partial charge < -0.3 is 19.7 Å². The first kappa shape index (κ1) is 23.8. The second-order valence-electron chi connectivity index (χ2n) is 10.1. The third-order valence-corrected chi connectivity index (χ3v) is 8.60. The first-order valence-corrected chi connectivity index (χ1v) is 11.0. The van der Waals surface area contributed by atoms with E-state index in [1.807, 2.05) is 0 Å². The largest absolute Gasteiger partial charge is 0.432 e. The van der Waals surface area contributed by atoms with Crippen LogP contribution in [0.2, 0.25) is 0 Å². The van der Waals surface area contributed by atoms with Gasteiger partial charge in [-0.25, -0.2) is 13.6 Å². The number of allylic oxidation sites excluding steroid dienone is 5. The molecule has 0 aromatic carbocycles. The van der Waals surface area contributed by atoms with Gasteiger partial charge in [0.05, 0.1) is 11.5 Å². The van der Waals surface area contributed by atoms with Crippen LogP contribution < -0.4 is 0 Å². The van der Waals surface area contributed by atoms with Crippen LogP contribution in [0.3, 0.4) is 0 Å². The summed E-state index contributed by atoms with van der Waals surface area (Å²) in [5.41, 5.74) is -7.22. The van der Waals surface area contributed by atoms with Gasteiger partial charge >= 0.3 is 11.9 Å². The van der Waals surface area contributed by atoms with Crippen molar-refractivity contribution in [1.29, 1.82) is 0 Å². The highest BCUT2D eigenvalue weighted by atomic mass is 19.1. The first-order chi connectivity index (χ1) is 15.3. The molecule has 0 aromatic rings. The summed E-state index contributed by atoms with van der Waals surface area (Å²) in [5.74, 6) is -4.72. The number of aliphatic hydroxyl groups is 2. The van der Waals surface area contributed by atoms with Crippen molar-refractivity contribution < 1.29 is 42.9 Å². The second-order valence-corrected chi connectivity index (χ2v) is 10.1. The quantitative estimate of drug-likeness (QED) is 0.615. The molecular formula is C24H28F2O7. The standard InChI is InChI=1S/C24H28F2O7/c1-12-7-15-16-9-18(33-13(2)27)17-8-14(28)5-6-21(17,3)23(16,26)19(29)10-22(15,4)24(12,31)20(30)32-11-25/h5-6,8-9,12,15-16,19,29,31H,7,10-11H2,1-4H3/t12-,15-,16-,19-,21-,22-,23-,24-/m0/s1. The highest BCUT2D eigenvalue weighted by Crippen LogP contribution is 2.70. The molecule has 9 heteroatoms. The average molecular weight is 466 g/mol. The van der Waals surface area contributed by atoms with Gasteiger partial charge in [-0.05, 0) is 49.8 Å². The zero-order valence-electron chi connectivity index (χ0n) is 18.9. The Balaban J connectivity index is 1.93. The number of esters is 2. The number of carbonyl (C=O) groups is 3. The van der Waals surface area contributed by atoms with Gasteiger partial charge in [0.2, 0.25) is 6.86 Å². The molecule has 0 aliphatic heterocycles. The van der Waals surface area contributed by atoms with Crippen LogP contribution in [0.4, 0.5) is 8.78 Å². The van der Waals surface area contributed by atoms with E-state index in [4.69, 9.17) is 4.74 Å². The van der Waals surface area contributed by atoms with E-state index in [9.17, 15) is 29.0 Å². The number of ether oxygens (including phenoxy) is 2. The zero-order chi connectivity index (χ0) is 24.6. The Hall–Kier alpha value is -2.39. The van der Waals surface area contributed by atoms with Gasteiger partial charge in [0, 0.05) is 23.8 Å². The van der Waals surface area contributed by atoms with Crippen molar-refractivity contribution in [1.82, 2.24) is 0 Å². The molecule has 0 spiro atoms. The van der Waals surface area contributed by atoms with Crippen LogP contribution in [0.5, 0.6) is 0 Å². The molecule has 0 aromatic heterocycles. The summed E-state index contributed by atoms with van der Waals surface area (Å²) < 4.78 is 39.9. The summed E-state index contributed by atoms with van der Waals surface area (Å²) >= 11 is 0. The highest BCUT2D eigenvalue weighted by Gasteiger charge is 2.76. The number of hydrogen-bond acceptors (Lipinski definition) is 7. The van der Waals surface area contributed by atoms with Crippen LogP contribution in [0.25, 0.3) is 0 Å². The maximum Gasteiger partial charge on any atom is 0.341 e. The minimum Gasteiger partial charge on any atom is -0.432 e. The fourth-order valence-electron chi connectivity index (χ4n) is 6.93. The van der Waals surface area contributed by atoms with E-state index < -0.39 is 70.5 Å². The SMILES string of the molecule is CC(=O)OC1=C[C@H]2[C@@H]3C[C@H](C)[C@](O)(C(=O)OCF)[C@@]3(C)C[C@H](O)[C@]2(F)[C@@]2(C)C=CC(=O)C=C12. The maximum absolute atomic E-state index is 17.2. The Bertz CT molecular complexity index is 1020. The fourth-order valence-corrected chi connectivity index (χ4v) is 6.93. The third-order valence-electron chi connectivity index (χ3n) is 8.60. The Labute approximate surface area is 190 Å². The van der Waals surface area contributed by atoms with Gasteiger partial charge in [-0.1, -0.05) is 19.9 Å². The summed E-state index contributed by atoms with van der Waals surface area (Å²) in [5, 5.41) is 22.7. The van der Waals surface area contributed by atoms with E-state index in [0.29, 0.717) is 0 Å². The number of halogens is 2. The molecule has 0 heterocycles. The monoisotopic (exact) mass is 466 g/mol. The number of carbonyl (C=O) groups excluding carboxylic acids is 3. The van der Waals surface area contributed by atoms with Gasteiger partial charge in [0.1, 0.15) is 5.76 Å². The summed E-state index contributed by atoms with van der Waals surface area (Å²) in [4.78, 5) is 36.6. The number of hydrogen-bond donors (Lipinski definition) is 2. The predicted octanol–water partition coefficient (Wildman–Crippen LogP) is 2.47. The van der Waals surface area contributed by atoms with Crippen molar-refractivity contribution in [2.75, 3.05) is 6.86 Å². The third kappa shape index (κ3) is 2.81. The van der Waals surface area contributed by atoms with Crippen molar-refractivity contribution in [3.05, 3.63) is 35.6 Å². The van der Waals surface area contributed by atoms with Gasteiger partial charge in [0.15, 0.2) is 17.1 Å². The normalized spacial score (nSPS) is 45.9. The number of rotatable bonds is 3. The molecule has 0 saturated heterocycles. The van der Waals surface area contributed by atoms with Crippen LogP contribution in [0.1, 0.15) is 40.5 Å². The molecule has 2 N–H and O–H groups in total. The number of fused-ring (bicyclic) bond motifs is 5. The molecule has 180 valence electrons. The molecule has 4 aliphatic rings. The number of aliphatic hydroxyl groups excluding tert-OH is 1. The van der Waals surface area contributed by atoms with E-state index >= 15 is 4.39 Å². The maximum atomic E-state index is 17.2. The predicted molar refractivity (Wildman–Crippen MR) is 111 cm³/mol. The molecule has 2 fully saturated rings. The van der Waals surface area contributed by atoms with Crippen molar-refractivity contribution in [3.63, 3.8) is 0 Å². The molecule has 0 radical (unpaired) electrons. The van der Waals surface area contributed by atoms with Crippen molar-refractivity contribution in [3.8, 4) is 0 Å². The summed E-state index contributed by atoms with van der Waals surface area (Å²) in [7, 11) is 0. The lowest BCUT2D eigenvalue weighted by atomic mass is 9.46. The Kier molecular flexibility index (Phi) is 5.26. The van der Waals surface area contributed by atoms with E-state index in [1.54, 1.807) is 13.8 Å². The zero-order valence-corrected chi connectivity index (χ0v) is 18.9. The Morgan fingerprint density at radius 3 is 2.58 bits per heavy atom. The molecule has 4 aliphatic carbocycles. The highest BCUT2D eigenvalue weighted by molar-refractivity contribution is 6.02. The molecule has 0 amide bonds. The van der Waals surface area contributed by atoms with Crippen LogP contribution in [0, 0.1) is 28.6 Å². The lowest BCUT2D eigenvalue weighted by Crippen LogP contribution is -2.69. The number of alkyl halides is 2. The van der Waals surface area contributed by atoms with E-state index in [1.165, 1.54) is 38.2 Å². The van der Waals surface area contributed by atoms with Gasteiger partial charge in [-0.2, -0.15) is 0 Å². The lowest BCUT2D eigenvalue weighted by Gasteiger charge is -2.61. The number of ketones is 1. The van der Waals surface area contributed by atoms with Crippen molar-refractivity contribution in [2.24, 2.45) is 28.6 Å². The molecule has 33 heavy (non-hydrogen) atoms. The van der Waals surface area contributed by atoms with Crippen LogP contribution in [0.15, 0.2) is 35.6 Å². The van der Waals surface area contributed by atoms with E-state index in [-0.39, 0.29) is 24.2 Å². The van der Waals surface area contributed by atoms with Crippen LogP contribution in [-0.2, 0) is 23.9 Å². The van der Waals surface area contributed by atoms with Crippen molar-refractivity contribution >= 4 is 17.7 Å². The Morgan fingerprint density at radius 2 is 1.97 bits per heavy atom. The van der Waals surface area contributed by atoms with Crippen LogP contribution in [-0.4, -0.2) is 52.2 Å². The molecule has 0 unspecified atom stereocenters. The smallest absolute Gasteiger partial charge is 0.341 e. The van der Waals surface area contributed by atoms with E-state index in [0.717, 1.165) is 0 Å². The minimum atomic E-state index is -2.33. The second kappa shape index (κ2) is 7.30. The first-order valence-electron chi connectivity index (χ1n) is 11.0. The minimum absolute atomic E-state index is 0.00634. The van der Waals surface area contributed by atoms with Gasteiger partial charge in [-0.15, -0.1) is 0 Å². The fraction of sp³-hybridized carbons (Fsp3) is 0.625.